The Hall–Kier alpha value is -2.45. The summed E-state index contributed by atoms with van der Waals surface area (Å²) in [6.45, 7) is 6.06. The van der Waals surface area contributed by atoms with Gasteiger partial charge in [0.1, 0.15) is 10.6 Å². The summed E-state index contributed by atoms with van der Waals surface area (Å²) in [5, 5.41) is 1.02. The van der Waals surface area contributed by atoms with Crippen molar-refractivity contribution in [2.75, 3.05) is 70.7 Å². The third kappa shape index (κ3) is 4.98. The fourth-order valence-electron chi connectivity index (χ4n) is 4.16. The van der Waals surface area contributed by atoms with Crippen LogP contribution in [0.1, 0.15) is 4.88 Å². The Kier molecular flexibility index (Phi) is 6.62. The van der Waals surface area contributed by atoms with Gasteiger partial charge in [-0.25, -0.2) is 28.4 Å². The van der Waals surface area contributed by atoms with Crippen molar-refractivity contribution in [2.24, 2.45) is 0 Å². The van der Waals surface area contributed by atoms with Crippen molar-refractivity contribution in [1.29, 1.82) is 0 Å². The molecule has 0 N–H and O–H groups in total. The summed E-state index contributed by atoms with van der Waals surface area (Å²) < 4.78 is 35.8. The Balaban J connectivity index is 1.44. The molecule has 3 aromatic rings. The first-order valence-electron chi connectivity index (χ1n) is 11.1. The molecule has 0 atom stereocenters. The largest absolute Gasteiger partial charge is 0.467 e. The Morgan fingerprint density at radius 1 is 1.06 bits per heavy atom. The van der Waals surface area contributed by atoms with Crippen LogP contribution < -0.4 is 9.64 Å². The lowest BCUT2D eigenvalue weighted by molar-refractivity contribution is 0.122. The number of fused-ring (bicyclic) bond motifs is 1. The molecule has 11 nitrogen and oxygen atoms in total. The lowest BCUT2D eigenvalue weighted by atomic mass is 10.2. The number of hydrogen-bond donors (Lipinski definition) is 0. The molecule has 0 bridgehead atoms. The predicted molar refractivity (Wildman–Crippen MR) is 130 cm³/mol. The number of aromatic nitrogens is 4. The molecular weight excluding hydrogens is 478 g/mol. The number of morpholine rings is 1. The van der Waals surface area contributed by atoms with Gasteiger partial charge in [0.25, 0.3) is 0 Å². The third-order valence-corrected chi connectivity index (χ3v) is 8.30. The van der Waals surface area contributed by atoms with Gasteiger partial charge < -0.3 is 14.4 Å². The lowest BCUT2D eigenvalue weighted by Gasteiger charge is -2.32. The Bertz CT molecular complexity index is 1250. The molecule has 34 heavy (non-hydrogen) atoms. The molecule has 2 aliphatic rings. The highest BCUT2D eigenvalue weighted by Crippen LogP contribution is 2.34. The standard InChI is InChI=1S/C21H27N7O4S2/c1-31-21-22-12-15(13-23-21)18-24-19(27-7-9-32-10-8-27)17-11-16(33-20(17)25-18)14-26-3-5-28(6-4-26)34(2,29)30/h11-13H,3-10,14H2,1-2H3. The minimum Gasteiger partial charge on any atom is -0.467 e. The van der Waals surface area contributed by atoms with Crippen molar-refractivity contribution in [3.63, 3.8) is 0 Å². The quantitative estimate of drug-likeness (QED) is 0.482. The van der Waals surface area contributed by atoms with E-state index in [9.17, 15) is 8.42 Å². The van der Waals surface area contributed by atoms with Crippen LogP contribution in [0.4, 0.5) is 5.82 Å². The zero-order valence-electron chi connectivity index (χ0n) is 19.2. The number of rotatable bonds is 6. The van der Waals surface area contributed by atoms with Crippen LogP contribution in [-0.2, 0) is 21.3 Å². The highest BCUT2D eigenvalue weighted by molar-refractivity contribution is 7.88. The van der Waals surface area contributed by atoms with Crippen LogP contribution in [0.25, 0.3) is 21.6 Å². The molecule has 5 rings (SSSR count). The van der Waals surface area contributed by atoms with Gasteiger partial charge in [-0.1, -0.05) is 0 Å². The topological polar surface area (TPSA) is 114 Å². The molecule has 0 aliphatic carbocycles. The summed E-state index contributed by atoms with van der Waals surface area (Å²) in [5.41, 5.74) is 0.726. The van der Waals surface area contributed by atoms with Crippen molar-refractivity contribution in [1.82, 2.24) is 29.1 Å². The number of anilines is 1. The van der Waals surface area contributed by atoms with E-state index >= 15 is 0 Å². The number of thiophene rings is 1. The summed E-state index contributed by atoms with van der Waals surface area (Å²) in [7, 11) is -1.61. The lowest BCUT2D eigenvalue weighted by Crippen LogP contribution is -2.47. The molecule has 5 heterocycles. The van der Waals surface area contributed by atoms with Crippen molar-refractivity contribution >= 4 is 37.4 Å². The summed E-state index contributed by atoms with van der Waals surface area (Å²) in [6, 6.07) is 2.47. The van der Waals surface area contributed by atoms with E-state index in [1.54, 1.807) is 28.0 Å². The number of sulfonamides is 1. The van der Waals surface area contributed by atoms with Crippen LogP contribution in [0, 0.1) is 0 Å². The van der Waals surface area contributed by atoms with Gasteiger partial charge in [0, 0.05) is 63.1 Å². The average Bonchev–Trinajstić information content (AvgIpc) is 3.26. The second-order valence-corrected chi connectivity index (χ2v) is 11.4. The van der Waals surface area contributed by atoms with Gasteiger partial charge in [0.2, 0.25) is 10.0 Å². The highest BCUT2D eigenvalue weighted by atomic mass is 32.2. The van der Waals surface area contributed by atoms with Crippen LogP contribution in [0.3, 0.4) is 0 Å². The molecule has 2 aliphatic heterocycles. The van der Waals surface area contributed by atoms with Gasteiger partial charge in [0.15, 0.2) is 5.82 Å². The van der Waals surface area contributed by atoms with Gasteiger partial charge >= 0.3 is 6.01 Å². The minimum atomic E-state index is -3.14. The average molecular weight is 506 g/mol. The second-order valence-electron chi connectivity index (χ2n) is 8.30. The molecule has 2 fully saturated rings. The fraction of sp³-hybridized carbons (Fsp3) is 0.524. The number of ether oxygens (including phenoxy) is 2. The smallest absolute Gasteiger partial charge is 0.316 e. The Morgan fingerprint density at radius 2 is 1.76 bits per heavy atom. The van der Waals surface area contributed by atoms with Crippen LogP contribution in [0.5, 0.6) is 6.01 Å². The molecule has 3 aromatic heterocycles. The first-order chi connectivity index (χ1) is 16.4. The molecule has 0 aromatic carbocycles. The Labute approximate surface area is 202 Å². The molecular formula is C21H27N7O4S2. The number of nitrogens with zero attached hydrogens (tertiary/aromatic N) is 7. The molecule has 182 valence electrons. The van der Waals surface area contributed by atoms with Crippen molar-refractivity contribution < 1.29 is 17.9 Å². The van der Waals surface area contributed by atoms with Gasteiger partial charge in [-0.2, -0.15) is 4.31 Å². The highest BCUT2D eigenvalue weighted by Gasteiger charge is 2.25. The van der Waals surface area contributed by atoms with E-state index in [2.05, 4.69) is 25.8 Å². The zero-order valence-corrected chi connectivity index (χ0v) is 20.8. The maximum absolute atomic E-state index is 11.8. The fourth-order valence-corrected chi connectivity index (χ4v) is 6.05. The summed E-state index contributed by atoms with van der Waals surface area (Å²) in [5.74, 6) is 1.47. The predicted octanol–water partition coefficient (Wildman–Crippen LogP) is 1.07. The van der Waals surface area contributed by atoms with Crippen LogP contribution in [0.15, 0.2) is 18.5 Å². The van der Waals surface area contributed by atoms with Crippen LogP contribution in [-0.4, -0.2) is 103 Å². The first kappa shape index (κ1) is 23.3. The number of methoxy groups -OCH3 is 1. The van der Waals surface area contributed by atoms with Crippen LogP contribution >= 0.6 is 11.3 Å². The second kappa shape index (κ2) is 9.66. The van der Waals surface area contributed by atoms with Crippen molar-refractivity contribution in [2.45, 2.75) is 6.54 Å². The van der Waals surface area contributed by atoms with E-state index in [-0.39, 0.29) is 0 Å². The summed E-state index contributed by atoms with van der Waals surface area (Å²) in [6.07, 6.45) is 4.61. The molecule has 0 unspecified atom stereocenters. The van der Waals surface area contributed by atoms with Gasteiger partial charge in [-0.05, 0) is 6.07 Å². The van der Waals surface area contributed by atoms with E-state index in [1.807, 2.05) is 0 Å². The van der Waals surface area contributed by atoms with Crippen LogP contribution in [0.2, 0.25) is 0 Å². The number of piperazine rings is 1. The van der Waals surface area contributed by atoms with Crippen molar-refractivity contribution in [3.05, 3.63) is 23.3 Å². The molecule has 0 spiro atoms. The molecule has 0 amide bonds. The maximum atomic E-state index is 11.8. The third-order valence-electron chi connectivity index (χ3n) is 5.98. The molecule has 13 heteroatoms. The first-order valence-corrected chi connectivity index (χ1v) is 13.7. The molecule has 0 saturated carbocycles. The zero-order chi connectivity index (χ0) is 23.7. The van der Waals surface area contributed by atoms with E-state index in [4.69, 9.17) is 19.4 Å². The SMILES string of the molecule is COc1ncc(-c2nc(N3CCOCC3)c3cc(CN4CCN(S(C)(=O)=O)CC4)sc3n2)cn1. The summed E-state index contributed by atoms with van der Waals surface area (Å²) in [4.78, 5) is 24.8. The van der Waals surface area contributed by atoms with E-state index in [0.717, 1.165) is 41.2 Å². The maximum Gasteiger partial charge on any atom is 0.316 e. The molecule has 2 saturated heterocycles. The van der Waals surface area contributed by atoms with Crippen molar-refractivity contribution in [3.8, 4) is 17.4 Å². The van der Waals surface area contributed by atoms with Gasteiger partial charge in [-0.3, -0.25) is 4.90 Å². The van der Waals surface area contributed by atoms with Gasteiger partial charge in [-0.15, -0.1) is 11.3 Å². The Morgan fingerprint density at radius 3 is 2.41 bits per heavy atom. The van der Waals surface area contributed by atoms with Gasteiger partial charge in [0.05, 0.1) is 37.5 Å². The van der Waals surface area contributed by atoms with E-state index < -0.39 is 10.0 Å². The van der Waals surface area contributed by atoms with E-state index in [1.165, 1.54) is 18.2 Å². The minimum absolute atomic E-state index is 0.299. The normalized spacial score (nSPS) is 18.5. The van der Waals surface area contributed by atoms with E-state index in [0.29, 0.717) is 51.2 Å². The number of hydrogen-bond acceptors (Lipinski definition) is 11. The summed E-state index contributed by atoms with van der Waals surface area (Å²) >= 11 is 1.64. The monoisotopic (exact) mass is 505 g/mol. The molecule has 0 radical (unpaired) electrons.